The van der Waals surface area contributed by atoms with Gasteiger partial charge >= 0.3 is 0 Å². The molecule has 0 amide bonds. The van der Waals surface area contributed by atoms with E-state index in [-0.39, 0.29) is 0 Å². The average Bonchev–Trinajstić information content (AvgIpc) is 2.87. The quantitative estimate of drug-likeness (QED) is 0.857. The van der Waals surface area contributed by atoms with Gasteiger partial charge in [-0.1, -0.05) is 0 Å². The zero-order chi connectivity index (χ0) is 12.3. The molecule has 2 heterocycles. The van der Waals surface area contributed by atoms with E-state index in [1.54, 1.807) is 0 Å². The molecule has 0 saturated heterocycles. The number of nitrogens with zero attached hydrogens (tertiary/aromatic N) is 4. The second kappa shape index (κ2) is 5.03. The molecule has 0 atom stereocenters. The van der Waals surface area contributed by atoms with E-state index in [1.807, 2.05) is 36.5 Å². The summed E-state index contributed by atoms with van der Waals surface area (Å²) in [7, 11) is 1.93. The van der Waals surface area contributed by atoms with Crippen molar-refractivity contribution in [3.8, 4) is 0 Å². The molecule has 0 bridgehead atoms. The van der Waals surface area contributed by atoms with Crippen molar-refractivity contribution in [2.24, 2.45) is 7.05 Å². The Balaban J connectivity index is 1.88. The SMILES string of the molecule is CC(C)n1ccnc1NCCc1cnn(C)c1. The lowest BCUT2D eigenvalue weighted by molar-refractivity contribution is 0.604. The zero-order valence-electron chi connectivity index (χ0n) is 10.6. The molecule has 5 nitrogen and oxygen atoms in total. The first kappa shape index (κ1) is 11.7. The van der Waals surface area contributed by atoms with E-state index >= 15 is 0 Å². The highest BCUT2D eigenvalue weighted by molar-refractivity contribution is 5.27. The number of rotatable bonds is 5. The predicted octanol–water partition coefficient (Wildman–Crippen LogP) is 1.85. The van der Waals surface area contributed by atoms with Gasteiger partial charge in [0.1, 0.15) is 0 Å². The van der Waals surface area contributed by atoms with Crippen LogP contribution in [-0.2, 0) is 13.5 Å². The molecule has 1 N–H and O–H groups in total. The maximum Gasteiger partial charge on any atom is 0.203 e. The molecule has 0 spiro atoms. The van der Waals surface area contributed by atoms with E-state index in [0.717, 1.165) is 18.9 Å². The van der Waals surface area contributed by atoms with Crippen LogP contribution in [0.4, 0.5) is 5.95 Å². The first-order valence-electron chi connectivity index (χ1n) is 5.91. The first-order valence-corrected chi connectivity index (χ1v) is 5.91. The van der Waals surface area contributed by atoms with Gasteiger partial charge in [0.05, 0.1) is 6.20 Å². The molecule has 0 aliphatic rings. The van der Waals surface area contributed by atoms with Crippen LogP contribution < -0.4 is 5.32 Å². The van der Waals surface area contributed by atoms with Gasteiger partial charge in [-0.25, -0.2) is 4.98 Å². The average molecular weight is 233 g/mol. The maximum absolute atomic E-state index is 4.30. The Bertz CT molecular complexity index is 469. The van der Waals surface area contributed by atoms with E-state index in [0.29, 0.717) is 6.04 Å². The summed E-state index contributed by atoms with van der Waals surface area (Å²) < 4.78 is 3.95. The Morgan fingerprint density at radius 1 is 1.41 bits per heavy atom. The highest BCUT2D eigenvalue weighted by Crippen LogP contribution is 2.12. The second-order valence-corrected chi connectivity index (χ2v) is 4.45. The molecule has 2 aromatic heterocycles. The van der Waals surface area contributed by atoms with Gasteiger partial charge in [-0.2, -0.15) is 5.10 Å². The molecule has 5 heteroatoms. The summed E-state index contributed by atoms with van der Waals surface area (Å²) in [5.41, 5.74) is 1.24. The highest BCUT2D eigenvalue weighted by Gasteiger charge is 2.04. The van der Waals surface area contributed by atoms with Crippen molar-refractivity contribution < 1.29 is 0 Å². The van der Waals surface area contributed by atoms with Gasteiger partial charge in [-0.05, 0) is 25.8 Å². The largest absolute Gasteiger partial charge is 0.355 e. The van der Waals surface area contributed by atoms with Crippen LogP contribution in [0.2, 0.25) is 0 Å². The van der Waals surface area contributed by atoms with Crippen molar-refractivity contribution in [2.75, 3.05) is 11.9 Å². The summed E-state index contributed by atoms with van der Waals surface area (Å²) >= 11 is 0. The van der Waals surface area contributed by atoms with Crippen LogP contribution in [0, 0.1) is 0 Å². The molecular weight excluding hydrogens is 214 g/mol. The van der Waals surface area contributed by atoms with Crippen LogP contribution >= 0.6 is 0 Å². The van der Waals surface area contributed by atoms with Gasteiger partial charge < -0.3 is 9.88 Å². The molecule has 2 rings (SSSR count). The number of hydrogen-bond donors (Lipinski definition) is 1. The number of imidazole rings is 1. The normalized spacial score (nSPS) is 11.1. The Hall–Kier alpha value is -1.78. The van der Waals surface area contributed by atoms with Gasteiger partial charge in [0.25, 0.3) is 0 Å². The van der Waals surface area contributed by atoms with Gasteiger partial charge in [0, 0.05) is 38.2 Å². The number of anilines is 1. The Labute approximate surface area is 101 Å². The number of nitrogens with one attached hydrogen (secondary N) is 1. The summed E-state index contributed by atoms with van der Waals surface area (Å²) in [5.74, 6) is 0.934. The van der Waals surface area contributed by atoms with E-state index in [4.69, 9.17) is 0 Å². The van der Waals surface area contributed by atoms with Crippen LogP contribution in [0.3, 0.4) is 0 Å². The molecule has 92 valence electrons. The van der Waals surface area contributed by atoms with Crippen molar-refractivity contribution in [3.05, 3.63) is 30.4 Å². The Kier molecular flexibility index (Phi) is 3.46. The lowest BCUT2D eigenvalue weighted by atomic mass is 10.2. The summed E-state index contributed by atoms with van der Waals surface area (Å²) in [5, 5.41) is 7.49. The molecule has 0 aliphatic carbocycles. The van der Waals surface area contributed by atoms with Crippen molar-refractivity contribution >= 4 is 5.95 Å². The fourth-order valence-electron chi connectivity index (χ4n) is 1.79. The molecule has 17 heavy (non-hydrogen) atoms. The van der Waals surface area contributed by atoms with Gasteiger partial charge in [-0.15, -0.1) is 0 Å². The lowest BCUT2D eigenvalue weighted by Crippen LogP contribution is -2.11. The molecule has 0 fully saturated rings. The summed E-state index contributed by atoms with van der Waals surface area (Å²) in [6, 6.07) is 0.429. The molecule has 2 aromatic rings. The zero-order valence-corrected chi connectivity index (χ0v) is 10.6. The van der Waals surface area contributed by atoms with Crippen molar-refractivity contribution in [1.82, 2.24) is 19.3 Å². The smallest absolute Gasteiger partial charge is 0.203 e. The lowest BCUT2D eigenvalue weighted by Gasteiger charge is -2.12. The number of aromatic nitrogens is 4. The van der Waals surface area contributed by atoms with Crippen LogP contribution in [0.1, 0.15) is 25.5 Å². The summed E-state index contributed by atoms with van der Waals surface area (Å²) in [4.78, 5) is 4.30. The molecule has 0 aliphatic heterocycles. The molecule has 0 radical (unpaired) electrons. The topological polar surface area (TPSA) is 47.7 Å². The van der Waals surface area contributed by atoms with Crippen LogP contribution in [0.25, 0.3) is 0 Å². The fraction of sp³-hybridized carbons (Fsp3) is 0.500. The molecule has 0 saturated carbocycles. The van der Waals surface area contributed by atoms with Gasteiger partial charge in [0.15, 0.2) is 0 Å². The predicted molar refractivity (Wildman–Crippen MR) is 68.0 cm³/mol. The maximum atomic E-state index is 4.30. The first-order chi connectivity index (χ1) is 8.16. The van der Waals surface area contributed by atoms with Crippen molar-refractivity contribution in [1.29, 1.82) is 0 Å². The molecule has 0 aromatic carbocycles. The van der Waals surface area contributed by atoms with E-state index < -0.39 is 0 Å². The van der Waals surface area contributed by atoms with Crippen LogP contribution in [-0.4, -0.2) is 25.9 Å². The van der Waals surface area contributed by atoms with E-state index in [2.05, 4.69) is 33.8 Å². The van der Waals surface area contributed by atoms with Crippen molar-refractivity contribution in [3.63, 3.8) is 0 Å². The van der Waals surface area contributed by atoms with Gasteiger partial charge in [0.2, 0.25) is 5.95 Å². The third-order valence-corrected chi connectivity index (χ3v) is 2.68. The third kappa shape index (κ3) is 2.87. The summed E-state index contributed by atoms with van der Waals surface area (Å²) in [6.07, 6.45) is 8.72. The van der Waals surface area contributed by atoms with Crippen LogP contribution in [0.5, 0.6) is 0 Å². The molecule has 0 unspecified atom stereocenters. The Morgan fingerprint density at radius 2 is 2.24 bits per heavy atom. The van der Waals surface area contributed by atoms with Gasteiger partial charge in [-0.3, -0.25) is 4.68 Å². The third-order valence-electron chi connectivity index (χ3n) is 2.68. The monoisotopic (exact) mass is 233 g/mol. The standard InChI is InChI=1S/C12H19N5/c1-10(2)17-7-6-14-12(17)13-5-4-11-8-15-16(3)9-11/h6-10H,4-5H2,1-3H3,(H,13,14). The van der Waals surface area contributed by atoms with E-state index in [9.17, 15) is 0 Å². The summed E-state index contributed by atoms with van der Waals surface area (Å²) in [6.45, 7) is 5.16. The minimum Gasteiger partial charge on any atom is -0.355 e. The minimum atomic E-state index is 0.429. The fourth-order valence-corrected chi connectivity index (χ4v) is 1.79. The second-order valence-electron chi connectivity index (χ2n) is 4.45. The Morgan fingerprint density at radius 3 is 2.88 bits per heavy atom. The van der Waals surface area contributed by atoms with Crippen molar-refractivity contribution in [2.45, 2.75) is 26.3 Å². The molecular formula is C12H19N5. The minimum absolute atomic E-state index is 0.429. The number of hydrogen-bond acceptors (Lipinski definition) is 3. The van der Waals surface area contributed by atoms with E-state index in [1.165, 1.54) is 5.56 Å². The van der Waals surface area contributed by atoms with Crippen LogP contribution in [0.15, 0.2) is 24.8 Å². The highest BCUT2D eigenvalue weighted by atomic mass is 15.2. The number of aryl methyl sites for hydroxylation is 1.